The summed E-state index contributed by atoms with van der Waals surface area (Å²) >= 11 is 1.61. The highest BCUT2D eigenvalue weighted by atomic mass is 32.1. The van der Waals surface area contributed by atoms with Crippen LogP contribution in [-0.4, -0.2) is 32.9 Å². The molecule has 8 heteroatoms. The van der Waals surface area contributed by atoms with Gasteiger partial charge in [-0.1, -0.05) is 18.2 Å². The van der Waals surface area contributed by atoms with E-state index < -0.39 is 0 Å². The summed E-state index contributed by atoms with van der Waals surface area (Å²) in [5.41, 5.74) is 3.61. The number of nitrogens with zero attached hydrogens (tertiary/aromatic N) is 2. The molecule has 0 radical (unpaired) electrons. The van der Waals surface area contributed by atoms with Crippen LogP contribution in [-0.2, 0) is 0 Å². The molecular formula is C20H19N5O2S. The van der Waals surface area contributed by atoms with Crippen LogP contribution in [0.3, 0.4) is 0 Å². The molecule has 4 rings (SSSR count). The van der Waals surface area contributed by atoms with Crippen molar-refractivity contribution in [3.05, 3.63) is 59.1 Å². The monoisotopic (exact) mass is 393 g/mol. The average molecular weight is 393 g/mol. The predicted octanol–water partition coefficient (Wildman–Crippen LogP) is 4.49. The fourth-order valence-electron chi connectivity index (χ4n) is 2.89. The number of thiophene rings is 1. The molecule has 142 valence electrons. The summed E-state index contributed by atoms with van der Waals surface area (Å²) in [4.78, 5) is 13.7. The number of ether oxygens (including phenoxy) is 1. The molecular weight excluding hydrogens is 374 g/mol. The van der Waals surface area contributed by atoms with Gasteiger partial charge in [0.05, 0.1) is 22.9 Å². The molecule has 28 heavy (non-hydrogen) atoms. The Hall–Kier alpha value is -3.39. The fraction of sp³-hybridized carbons (Fsp3) is 0.150. The number of para-hydroxylation sites is 1. The molecule has 1 amide bonds. The number of nitrogens with one attached hydrogen (secondary N) is 3. The molecule has 0 fully saturated rings. The lowest BCUT2D eigenvalue weighted by molar-refractivity contribution is 0.102. The summed E-state index contributed by atoms with van der Waals surface area (Å²) in [7, 11) is 0. The lowest BCUT2D eigenvalue weighted by atomic mass is 10.1. The molecule has 1 aromatic carbocycles. The summed E-state index contributed by atoms with van der Waals surface area (Å²) in [6.45, 7) is 4.40. The van der Waals surface area contributed by atoms with Gasteiger partial charge in [-0.2, -0.15) is 10.2 Å². The van der Waals surface area contributed by atoms with Crippen molar-refractivity contribution >= 4 is 23.1 Å². The number of hydrogen-bond acceptors (Lipinski definition) is 5. The third kappa shape index (κ3) is 3.41. The maximum Gasteiger partial charge on any atom is 0.274 e. The van der Waals surface area contributed by atoms with Crippen molar-refractivity contribution < 1.29 is 9.53 Å². The summed E-state index contributed by atoms with van der Waals surface area (Å²) in [6.07, 6.45) is 0. The van der Waals surface area contributed by atoms with Crippen molar-refractivity contribution in [2.45, 2.75) is 13.8 Å². The molecule has 0 unspecified atom stereocenters. The predicted molar refractivity (Wildman–Crippen MR) is 110 cm³/mol. The second kappa shape index (κ2) is 7.69. The number of aromatic nitrogens is 4. The fourth-order valence-corrected chi connectivity index (χ4v) is 3.67. The highest BCUT2D eigenvalue weighted by molar-refractivity contribution is 7.13. The minimum atomic E-state index is -0.306. The van der Waals surface area contributed by atoms with Gasteiger partial charge >= 0.3 is 0 Å². The van der Waals surface area contributed by atoms with Crippen molar-refractivity contribution in [3.8, 4) is 27.6 Å². The number of aromatic amines is 2. The molecule has 3 aromatic heterocycles. The van der Waals surface area contributed by atoms with Gasteiger partial charge in [0, 0.05) is 11.1 Å². The Balaban J connectivity index is 1.55. The van der Waals surface area contributed by atoms with E-state index in [1.807, 2.05) is 55.6 Å². The van der Waals surface area contributed by atoms with Crippen LogP contribution in [0.15, 0.2) is 47.8 Å². The normalized spacial score (nSPS) is 10.8. The highest BCUT2D eigenvalue weighted by Gasteiger charge is 2.17. The molecule has 0 aliphatic carbocycles. The van der Waals surface area contributed by atoms with Crippen molar-refractivity contribution in [2.75, 3.05) is 11.9 Å². The average Bonchev–Trinajstić information content (AvgIpc) is 3.44. The molecule has 7 nitrogen and oxygen atoms in total. The Bertz CT molecular complexity index is 1100. The van der Waals surface area contributed by atoms with Crippen molar-refractivity contribution in [2.24, 2.45) is 0 Å². The number of carbonyl (C=O) groups excluding carboxylic acids is 1. The van der Waals surface area contributed by atoms with Gasteiger partial charge in [-0.15, -0.1) is 11.3 Å². The SMILES string of the molecule is CCOc1ccccc1-c1cc(C(=O)Nc2n[nH]c(-c3cccs3)c2C)[nH]n1. The molecule has 4 aromatic rings. The first-order chi connectivity index (χ1) is 13.7. The van der Waals surface area contributed by atoms with E-state index >= 15 is 0 Å². The number of benzene rings is 1. The summed E-state index contributed by atoms with van der Waals surface area (Å²) in [6, 6.07) is 13.3. The minimum absolute atomic E-state index is 0.306. The van der Waals surface area contributed by atoms with Crippen molar-refractivity contribution in [3.63, 3.8) is 0 Å². The van der Waals surface area contributed by atoms with Crippen LogP contribution in [0.5, 0.6) is 5.75 Å². The van der Waals surface area contributed by atoms with Crippen LogP contribution in [0.25, 0.3) is 21.8 Å². The van der Waals surface area contributed by atoms with Gasteiger partial charge in [0.1, 0.15) is 11.4 Å². The van der Waals surface area contributed by atoms with E-state index in [0.717, 1.165) is 27.4 Å². The molecule has 0 aliphatic rings. The lowest BCUT2D eigenvalue weighted by Crippen LogP contribution is -2.13. The van der Waals surface area contributed by atoms with E-state index in [1.165, 1.54) is 0 Å². The van der Waals surface area contributed by atoms with E-state index in [-0.39, 0.29) is 5.91 Å². The maximum absolute atomic E-state index is 12.7. The molecule has 0 saturated heterocycles. The Morgan fingerprint density at radius 2 is 2.04 bits per heavy atom. The second-order valence-electron chi connectivity index (χ2n) is 6.10. The molecule has 0 bridgehead atoms. The molecule has 3 N–H and O–H groups in total. The van der Waals surface area contributed by atoms with Gasteiger partial charge in [0.25, 0.3) is 5.91 Å². The minimum Gasteiger partial charge on any atom is -0.493 e. The zero-order valence-electron chi connectivity index (χ0n) is 15.4. The first-order valence-electron chi connectivity index (χ1n) is 8.85. The molecule has 0 aliphatic heterocycles. The van der Waals surface area contributed by atoms with Crippen LogP contribution in [0.2, 0.25) is 0 Å². The maximum atomic E-state index is 12.7. The van der Waals surface area contributed by atoms with Crippen LogP contribution < -0.4 is 10.1 Å². The summed E-state index contributed by atoms with van der Waals surface area (Å²) in [5.74, 6) is 0.923. The van der Waals surface area contributed by atoms with E-state index in [4.69, 9.17) is 4.74 Å². The van der Waals surface area contributed by atoms with Gasteiger partial charge in [0.2, 0.25) is 0 Å². The van der Waals surface area contributed by atoms with E-state index in [9.17, 15) is 4.79 Å². The summed E-state index contributed by atoms with van der Waals surface area (Å²) < 4.78 is 5.64. The van der Waals surface area contributed by atoms with Crippen molar-refractivity contribution in [1.82, 2.24) is 20.4 Å². The number of hydrogen-bond donors (Lipinski definition) is 3. The van der Waals surface area contributed by atoms with Crippen molar-refractivity contribution in [1.29, 1.82) is 0 Å². The summed E-state index contributed by atoms with van der Waals surface area (Å²) in [5, 5.41) is 19.1. The molecule has 0 spiro atoms. The Labute approximate surface area is 165 Å². The number of amides is 1. The van der Waals surface area contributed by atoms with Crippen LogP contribution in [0.1, 0.15) is 23.0 Å². The zero-order valence-corrected chi connectivity index (χ0v) is 16.3. The van der Waals surface area contributed by atoms with E-state index in [2.05, 4.69) is 25.7 Å². The standard InChI is InChI=1S/C20H19N5O2S/c1-3-27-16-8-5-4-7-13(16)14-11-15(23-22-14)20(26)21-19-12(2)18(24-25-19)17-9-6-10-28-17/h4-11H,3H2,1-2H3,(H,22,23)(H2,21,24,25,26). The third-order valence-corrected chi connectivity index (χ3v) is 5.18. The Morgan fingerprint density at radius 1 is 1.18 bits per heavy atom. The Morgan fingerprint density at radius 3 is 2.82 bits per heavy atom. The largest absolute Gasteiger partial charge is 0.493 e. The molecule has 0 saturated carbocycles. The zero-order chi connectivity index (χ0) is 19.5. The number of rotatable bonds is 6. The smallest absolute Gasteiger partial charge is 0.274 e. The highest BCUT2D eigenvalue weighted by Crippen LogP contribution is 2.30. The van der Waals surface area contributed by atoms with E-state index in [1.54, 1.807) is 17.4 Å². The van der Waals surface area contributed by atoms with Crippen LogP contribution in [0, 0.1) is 6.92 Å². The van der Waals surface area contributed by atoms with Gasteiger partial charge in [-0.3, -0.25) is 15.0 Å². The first kappa shape index (κ1) is 18.0. The number of anilines is 1. The van der Waals surface area contributed by atoms with Crippen LogP contribution in [0.4, 0.5) is 5.82 Å². The van der Waals surface area contributed by atoms with Gasteiger partial charge in [-0.05, 0) is 43.5 Å². The van der Waals surface area contributed by atoms with E-state index in [0.29, 0.717) is 23.8 Å². The first-order valence-corrected chi connectivity index (χ1v) is 9.73. The molecule has 3 heterocycles. The van der Waals surface area contributed by atoms with Gasteiger partial charge in [-0.25, -0.2) is 0 Å². The number of H-pyrrole nitrogens is 2. The van der Waals surface area contributed by atoms with Crippen LogP contribution >= 0.6 is 11.3 Å². The quantitative estimate of drug-likeness (QED) is 0.450. The van der Waals surface area contributed by atoms with Gasteiger partial charge in [0.15, 0.2) is 5.82 Å². The second-order valence-corrected chi connectivity index (χ2v) is 7.05. The third-order valence-electron chi connectivity index (χ3n) is 4.29. The Kier molecular flexibility index (Phi) is 4.94. The molecule has 0 atom stereocenters. The van der Waals surface area contributed by atoms with Gasteiger partial charge < -0.3 is 10.1 Å². The lowest BCUT2D eigenvalue weighted by Gasteiger charge is -2.07. The number of carbonyl (C=O) groups is 1. The topological polar surface area (TPSA) is 95.7 Å².